The Balaban J connectivity index is 1.74. The van der Waals surface area contributed by atoms with Gasteiger partial charge in [-0.25, -0.2) is 15.0 Å². The Morgan fingerprint density at radius 1 is 1.32 bits per heavy atom. The van der Waals surface area contributed by atoms with E-state index in [0.717, 1.165) is 41.5 Å². The molecule has 3 aromatic heterocycles. The van der Waals surface area contributed by atoms with Crippen LogP contribution in [-0.4, -0.2) is 40.8 Å². The molecular weight excluding hydrogens is 320 g/mol. The SMILES string of the molecule is COCCCNc1ncnc2c1oc1nc3c(cc12)COC(C)(C)C3. The van der Waals surface area contributed by atoms with Gasteiger partial charge in [-0.1, -0.05) is 0 Å². The van der Waals surface area contributed by atoms with Crippen molar-refractivity contribution in [1.29, 1.82) is 0 Å². The molecule has 0 saturated heterocycles. The van der Waals surface area contributed by atoms with Crippen LogP contribution in [0.2, 0.25) is 0 Å². The summed E-state index contributed by atoms with van der Waals surface area (Å²) in [6.45, 7) is 6.17. The number of furan rings is 1. The first kappa shape index (κ1) is 16.2. The van der Waals surface area contributed by atoms with Gasteiger partial charge >= 0.3 is 0 Å². The molecule has 0 aromatic carbocycles. The summed E-state index contributed by atoms with van der Waals surface area (Å²) in [5.41, 5.74) is 3.96. The average molecular weight is 342 g/mol. The molecule has 4 heterocycles. The van der Waals surface area contributed by atoms with Crippen LogP contribution in [-0.2, 0) is 22.5 Å². The number of hydrogen-bond donors (Lipinski definition) is 1. The Labute approximate surface area is 145 Å². The van der Waals surface area contributed by atoms with Crippen LogP contribution in [0, 0.1) is 0 Å². The summed E-state index contributed by atoms with van der Waals surface area (Å²) in [4.78, 5) is 13.4. The van der Waals surface area contributed by atoms with Crippen molar-refractivity contribution in [3.63, 3.8) is 0 Å². The van der Waals surface area contributed by atoms with Gasteiger partial charge in [0.1, 0.15) is 11.8 Å². The highest BCUT2D eigenvalue weighted by molar-refractivity contribution is 6.04. The molecule has 7 nitrogen and oxygen atoms in total. The van der Waals surface area contributed by atoms with E-state index in [2.05, 4.69) is 35.2 Å². The first-order valence-corrected chi connectivity index (χ1v) is 8.50. The number of methoxy groups -OCH3 is 1. The Morgan fingerprint density at radius 3 is 3.04 bits per heavy atom. The molecule has 0 amide bonds. The second kappa shape index (κ2) is 6.24. The van der Waals surface area contributed by atoms with Gasteiger partial charge in [0.05, 0.1) is 23.3 Å². The number of aromatic nitrogens is 3. The van der Waals surface area contributed by atoms with Crippen LogP contribution < -0.4 is 5.32 Å². The highest BCUT2D eigenvalue weighted by Crippen LogP contribution is 2.34. The molecule has 0 saturated carbocycles. The van der Waals surface area contributed by atoms with Crippen molar-refractivity contribution in [2.24, 2.45) is 0 Å². The van der Waals surface area contributed by atoms with Gasteiger partial charge in [0, 0.05) is 32.2 Å². The third-order valence-electron chi connectivity index (χ3n) is 4.44. The van der Waals surface area contributed by atoms with Crippen LogP contribution in [0.3, 0.4) is 0 Å². The van der Waals surface area contributed by atoms with Crippen LogP contribution in [0.1, 0.15) is 31.5 Å². The fourth-order valence-corrected chi connectivity index (χ4v) is 3.13. The van der Waals surface area contributed by atoms with Crippen LogP contribution >= 0.6 is 0 Å². The lowest BCUT2D eigenvalue weighted by molar-refractivity contribution is -0.0411. The Kier molecular flexibility index (Phi) is 4.05. The number of pyridine rings is 1. The maximum absolute atomic E-state index is 6.00. The quantitative estimate of drug-likeness (QED) is 0.713. The van der Waals surface area contributed by atoms with Gasteiger partial charge in [0.25, 0.3) is 0 Å². The van der Waals surface area contributed by atoms with E-state index >= 15 is 0 Å². The van der Waals surface area contributed by atoms with E-state index in [1.54, 1.807) is 13.4 Å². The molecule has 4 rings (SSSR count). The third-order valence-corrected chi connectivity index (χ3v) is 4.44. The van der Waals surface area contributed by atoms with Crippen molar-refractivity contribution in [1.82, 2.24) is 15.0 Å². The number of rotatable bonds is 5. The number of fused-ring (bicyclic) bond motifs is 4. The van der Waals surface area contributed by atoms with E-state index in [4.69, 9.17) is 18.9 Å². The first-order valence-electron chi connectivity index (χ1n) is 8.50. The zero-order valence-electron chi connectivity index (χ0n) is 14.8. The van der Waals surface area contributed by atoms with Crippen molar-refractivity contribution in [3.05, 3.63) is 23.7 Å². The maximum atomic E-state index is 6.00. The smallest absolute Gasteiger partial charge is 0.229 e. The number of anilines is 1. The molecular formula is C18H22N4O3. The Hall–Kier alpha value is -2.25. The van der Waals surface area contributed by atoms with Crippen molar-refractivity contribution in [3.8, 4) is 0 Å². The standard InChI is InChI=1S/C18H22N4O3/c1-18(2)8-13-11(9-24-18)7-12-14-15(25-17(12)22-13)16(21-10-20-14)19-5-4-6-23-3/h7,10H,4-6,8-9H2,1-3H3,(H,19,20,21). The van der Waals surface area contributed by atoms with Crippen LogP contribution in [0.5, 0.6) is 0 Å². The maximum Gasteiger partial charge on any atom is 0.229 e. The van der Waals surface area contributed by atoms with Crippen LogP contribution in [0.4, 0.5) is 5.82 Å². The van der Waals surface area contributed by atoms with E-state index in [1.807, 2.05) is 0 Å². The molecule has 0 unspecified atom stereocenters. The summed E-state index contributed by atoms with van der Waals surface area (Å²) in [7, 11) is 1.70. The summed E-state index contributed by atoms with van der Waals surface area (Å²) >= 11 is 0. The molecule has 1 aliphatic rings. The topological polar surface area (TPSA) is 82.3 Å². The molecule has 0 aliphatic carbocycles. The zero-order valence-corrected chi connectivity index (χ0v) is 14.8. The summed E-state index contributed by atoms with van der Waals surface area (Å²) in [6.07, 6.45) is 3.21. The minimum atomic E-state index is -0.201. The lowest BCUT2D eigenvalue weighted by Crippen LogP contribution is -2.32. The van der Waals surface area contributed by atoms with Gasteiger partial charge in [0.15, 0.2) is 11.4 Å². The first-order chi connectivity index (χ1) is 12.1. The van der Waals surface area contributed by atoms with Gasteiger partial charge in [-0.15, -0.1) is 0 Å². The Bertz CT molecular complexity index is 919. The molecule has 0 bridgehead atoms. The average Bonchev–Trinajstić information content (AvgIpc) is 2.94. The fraction of sp³-hybridized carbons (Fsp3) is 0.500. The van der Waals surface area contributed by atoms with Crippen molar-refractivity contribution in [2.75, 3.05) is 25.6 Å². The summed E-state index contributed by atoms with van der Waals surface area (Å²) in [6, 6.07) is 2.08. The van der Waals surface area contributed by atoms with Crippen molar-refractivity contribution >= 4 is 28.0 Å². The lowest BCUT2D eigenvalue weighted by atomic mass is 9.95. The molecule has 0 spiro atoms. The minimum absolute atomic E-state index is 0.201. The molecule has 132 valence electrons. The lowest BCUT2D eigenvalue weighted by Gasteiger charge is -2.30. The van der Waals surface area contributed by atoms with E-state index in [-0.39, 0.29) is 5.60 Å². The Morgan fingerprint density at radius 2 is 2.20 bits per heavy atom. The molecule has 0 atom stereocenters. The summed E-state index contributed by atoms with van der Waals surface area (Å²) in [5, 5.41) is 4.19. The molecule has 25 heavy (non-hydrogen) atoms. The van der Waals surface area contributed by atoms with E-state index in [0.29, 0.717) is 30.3 Å². The van der Waals surface area contributed by atoms with Gasteiger partial charge in [-0.3, -0.25) is 0 Å². The third kappa shape index (κ3) is 3.05. The van der Waals surface area contributed by atoms with Crippen LogP contribution in [0.25, 0.3) is 22.2 Å². The van der Waals surface area contributed by atoms with E-state index < -0.39 is 0 Å². The molecule has 1 aliphatic heterocycles. The second-order valence-electron chi connectivity index (χ2n) is 6.95. The molecule has 7 heteroatoms. The van der Waals surface area contributed by atoms with Crippen molar-refractivity contribution in [2.45, 2.75) is 38.9 Å². The van der Waals surface area contributed by atoms with Gasteiger partial charge in [-0.2, -0.15) is 0 Å². The van der Waals surface area contributed by atoms with E-state index in [9.17, 15) is 0 Å². The minimum Gasteiger partial charge on any atom is -0.432 e. The van der Waals surface area contributed by atoms with E-state index in [1.165, 1.54) is 0 Å². The number of nitrogens with zero attached hydrogens (tertiary/aromatic N) is 3. The second-order valence-corrected chi connectivity index (χ2v) is 6.95. The molecule has 0 radical (unpaired) electrons. The number of nitrogens with one attached hydrogen (secondary N) is 1. The normalized spacial score (nSPS) is 16.3. The zero-order chi connectivity index (χ0) is 17.4. The van der Waals surface area contributed by atoms with Gasteiger partial charge in [0.2, 0.25) is 5.71 Å². The molecule has 3 aromatic rings. The predicted octanol–water partition coefficient (Wildman–Crippen LogP) is 3.07. The number of hydrogen-bond acceptors (Lipinski definition) is 7. The molecule has 1 N–H and O–H groups in total. The number of ether oxygens (including phenoxy) is 2. The predicted molar refractivity (Wildman–Crippen MR) is 94.7 cm³/mol. The van der Waals surface area contributed by atoms with Crippen LogP contribution in [0.15, 0.2) is 16.8 Å². The van der Waals surface area contributed by atoms with Gasteiger partial charge in [-0.05, 0) is 26.3 Å². The highest BCUT2D eigenvalue weighted by atomic mass is 16.5. The summed E-state index contributed by atoms with van der Waals surface area (Å²) in [5.74, 6) is 0.689. The monoisotopic (exact) mass is 342 g/mol. The fourth-order valence-electron chi connectivity index (χ4n) is 3.13. The van der Waals surface area contributed by atoms with Crippen molar-refractivity contribution < 1.29 is 13.9 Å². The highest BCUT2D eigenvalue weighted by Gasteiger charge is 2.28. The largest absolute Gasteiger partial charge is 0.432 e. The molecule has 0 fully saturated rings. The van der Waals surface area contributed by atoms with Gasteiger partial charge < -0.3 is 19.2 Å². The summed E-state index contributed by atoms with van der Waals surface area (Å²) < 4.78 is 17.0.